The quantitative estimate of drug-likeness (QED) is 0.657. The minimum absolute atomic E-state index is 0.679. The first-order valence-electron chi connectivity index (χ1n) is 8.60. The maximum Gasteiger partial charge on any atom is 0.00938 e. The molecule has 20 heavy (non-hydrogen) atoms. The number of likely N-dealkylation sites (tertiary alicyclic amines) is 1. The second kappa shape index (κ2) is 9.75. The van der Waals surface area contributed by atoms with Gasteiger partial charge >= 0.3 is 0 Å². The Morgan fingerprint density at radius 2 is 1.75 bits per heavy atom. The lowest BCUT2D eigenvalue weighted by Gasteiger charge is -2.34. The van der Waals surface area contributed by atoms with Crippen molar-refractivity contribution >= 4 is 0 Å². The molecule has 1 aliphatic rings. The second-order valence-electron chi connectivity index (χ2n) is 7.34. The molecule has 0 aliphatic carbocycles. The topological polar surface area (TPSA) is 18.5 Å². The van der Waals surface area contributed by atoms with Gasteiger partial charge in [-0.25, -0.2) is 0 Å². The summed E-state index contributed by atoms with van der Waals surface area (Å²) >= 11 is 0. The SMILES string of the molecule is CC(C)CN1CCC(N[C@@H](C)CCCCN(C)C)CC1. The van der Waals surface area contributed by atoms with E-state index in [1.54, 1.807) is 0 Å². The van der Waals surface area contributed by atoms with Gasteiger partial charge in [0.15, 0.2) is 0 Å². The van der Waals surface area contributed by atoms with Crippen LogP contribution in [-0.2, 0) is 0 Å². The predicted octanol–water partition coefficient (Wildman–Crippen LogP) is 2.82. The van der Waals surface area contributed by atoms with E-state index in [9.17, 15) is 0 Å². The summed E-state index contributed by atoms with van der Waals surface area (Å²) in [7, 11) is 4.32. The highest BCUT2D eigenvalue weighted by atomic mass is 15.1. The van der Waals surface area contributed by atoms with Crippen LogP contribution >= 0.6 is 0 Å². The summed E-state index contributed by atoms with van der Waals surface area (Å²) in [6, 6.07) is 1.43. The van der Waals surface area contributed by atoms with Crippen molar-refractivity contribution in [1.29, 1.82) is 0 Å². The minimum Gasteiger partial charge on any atom is -0.311 e. The van der Waals surface area contributed by atoms with Gasteiger partial charge in [0.1, 0.15) is 0 Å². The van der Waals surface area contributed by atoms with Crippen LogP contribution in [0, 0.1) is 5.92 Å². The van der Waals surface area contributed by atoms with Gasteiger partial charge < -0.3 is 15.1 Å². The van der Waals surface area contributed by atoms with Crippen LogP contribution < -0.4 is 5.32 Å². The lowest BCUT2D eigenvalue weighted by atomic mass is 10.0. The predicted molar refractivity (Wildman–Crippen MR) is 89.3 cm³/mol. The Kier molecular flexibility index (Phi) is 8.74. The van der Waals surface area contributed by atoms with Gasteiger partial charge in [-0.05, 0) is 72.3 Å². The number of piperidine rings is 1. The van der Waals surface area contributed by atoms with Crippen molar-refractivity contribution in [2.24, 2.45) is 5.92 Å². The first-order valence-corrected chi connectivity index (χ1v) is 8.60. The molecular formula is C17H37N3. The fraction of sp³-hybridized carbons (Fsp3) is 1.00. The van der Waals surface area contributed by atoms with Gasteiger partial charge in [0.25, 0.3) is 0 Å². The molecule has 0 radical (unpaired) electrons. The summed E-state index contributed by atoms with van der Waals surface area (Å²) in [6.07, 6.45) is 6.65. The maximum atomic E-state index is 3.84. The molecule has 3 nitrogen and oxygen atoms in total. The van der Waals surface area contributed by atoms with Crippen molar-refractivity contribution < 1.29 is 0 Å². The summed E-state index contributed by atoms with van der Waals surface area (Å²) in [6.45, 7) is 12.1. The highest BCUT2D eigenvalue weighted by molar-refractivity contribution is 4.79. The molecule has 1 saturated heterocycles. The Bertz CT molecular complexity index is 232. The summed E-state index contributed by atoms with van der Waals surface area (Å²) in [5.41, 5.74) is 0. The Labute approximate surface area is 127 Å². The van der Waals surface area contributed by atoms with Crippen LogP contribution in [0.1, 0.15) is 52.9 Å². The lowest BCUT2D eigenvalue weighted by Crippen LogP contribution is -2.46. The molecule has 1 fully saturated rings. The number of rotatable bonds is 9. The third kappa shape index (κ3) is 8.23. The molecule has 1 heterocycles. The number of unbranched alkanes of at least 4 members (excludes halogenated alkanes) is 1. The van der Waals surface area contributed by atoms with Crippen molar-refractivity contribution in [3.8, 4) is 0 Å². The third-order valence-electron chi connectivity index (χ3n) is 4.22. The zero-order valence-electron chi connectivity index (χ0n) is 14.5. The van der Waals surface area contributed by atoms with Gasteiger partial charge in [-0.3, -0.25) is 0 Å². The van der Waals surface area contributed by atoms with Gasteiger partial charge in [-0.15, -0.1) is 0 Å². The molecule has 0 bridgehead atoms. The van der Waals surface area contributed by atoms with Crippen molar-refractivity contribution in [2.75, 3.05) is 40.3 Å². The van der Waals surface area contributed by atoms with E-state index in [0.29, 0.717) is 6.04 Å². The van der Waals surface area contributed by atoms with Crippen molar-refractivity contribution in [2.45, 2.75) is 65.0 Å². The maximum absolute atomic E-state index is 3.84. The van der Waals surface area contributed by atoms with Gasteiger partial charge in [0.05, 0.1) is 0 Å². The molecule has 1 atom stereocenters. The van der Waals surface area contributed by atoms with E-state index in [-0.39, 0.29) is 0 Å². The molecule has 3 heteroatoms. The zero-order valence-corrected chi connectivity index (χ0v) is 14.5. The average Bonchev–Trinajstić information content (AvgIpc) is 2.36. The van der Waals surface area contributed by atoms with Crippen LogP contribution in [0.4, 0.5) is 0 Å². The normalized spacial score (nSPS) is 19.9. The Morgan fingerprint density at radius 1 is 1.10 bits per heavy atom. The Balaban J connectivity index is 2.07. The van der Waals surface area contributed by atoms with E-state index in [2.05, 4.69) is 50.0 Å². The summed E-state index contributed by atoms with van der Waals surface area (Å²) in [4.78, 5) is 4.91. The van der Waals surface area contributed by atoms with E-state index in [0.717, 1.165) is 12.0 Å². The van der Waals surface area contributed by atoms with Crippen LogP contribution in [0.5, 0.6) is 0 Å². The number of nitrogens with one attached hydrogen (secondary N) is 1. The molecule has 120 valence electrons. The van der Waals surface area contributed by atoms with Crippen molar-refractivity contribution in [1.82, 2.24) is 15.1 Å². The first kappa shape index (κ1) is 17.9. The minimum atomic E-state index is 0.679. The zero-order chi connectivity index (χ0) is 15.0. The molecule has 1 N–H and O–H groups in total. The van der Waals surface area contributed by atoms with Gasteiger partial charge in [-0.1, -0.05) is 20.3 Å². The van der Waals surface area contributed by atoms with E-state index in [1.807, 2.05) is 0 Å². The summed E-state index contributed by atoms with van der Waals surface area (Å²) < 4.78 is 0. The number of hydrogen-bond acceptors (Lipinski definition) is 3. The van der Waals surface area contributed by atoms with E-state index >= 15 is 0 Å². The van der Waals surface area contributed by atoms with Crippen LogP contribution in [-0.4, -0.2) is 62.2 Å². The average molecular weight is 284 g/mol. The summed E-state index contributed by atoms with van der Waals surface area (Å²) in [5, 5.41) is 3.84. The van der Waals surface area contributed by atoms with Crippen molar-refractivity contribution in [3.05, 3.63) is 0 Å². The third-order valence-corrected chi connectivity index (χ3v) is 4.22. The fourth-order valence-electron chi connectivity index (χ4n) is 3.16. The Morgan fingerprint density at radius 3 is 2.30 bits per heavy atom. The highest BCUT2D eigenvalue weighted by Crippen LogP contribution is 2.13. The highest BCUT2D eigenvalue weighted by Gasteiger charge is 2.20. The molecular weight excluding hydrogens is 246 g/mol. The van der Waals surface area contributed by atoms with Crippen LogP contribution in [0.25, 0.3) is 0 Å². The molecule has 1 aliphatic heterocycles. The second-order valence-corrected chi connectivity index (χ2v) is 7.34. The van der Waals surface area contributed by atoms with Crippen LogP contribution in [0.3, 0.4) is 0 Å². The smallest absolute Gasteiger partial charge is 0.00938 e. The van der Waals surface area contributed by atoms with Gasteiger partial charge in [0.2, 0.25) is 0 Å². The lowest BCUT2D eigenvalue weighted by molar-refractivity contribution is 0.174. The summed E-state index contributed by atoms with van der Waals surface area (Å²) in [5.74, 6) is 0.801. The first-order chi connectivity index (χ1) is 9.47. The van der Waals surface area contributed by atoms with E-state index < -0.39 is 0 Å². The van der Waals surface area contributed by atoms with Crippen molar-refractivity contribution in [3.63, 3.8) is 0 Å². The molecule has 0 amide bonds. The monoisotopic (exact) mass is 283 g/mol. The van der Waals surface area contributed by atoms with E-state index in [1.165, 1.54) is 58.3 Å². The number of nitrogens with zero attached hydrogens (tertiary/aromatic N) is 2. The molecule has 0 aromatic carbocycles. The van der Waals surface area contributed by atoms with Crippen LogP contribution in [0.15, 0.2) is 0 Å². The molecule has 0 spiro atoms. The van der Waals surface area contributed by atoms with Gasteiger partial charge in [-0.2, -0.15) is 0 Å². The molecule has 1 rings (SSSR count). The Hall–Kier alpha value is -0.120. The van der Waals surface area contributed by atoms with E-state index in [4.69, 9.17) is 0 Å². The fourth-order valence-corrected chi connectivity index (χ4v) is 3.16. The molecule has 0 aromatic rings. The largest absolute Gasteiger partial charge is 0.311 e. The molecule has 0 aromatic heterocycles. The van der Waals surface area contributed by atoms with Gasteiger partial charge in [0, 0.05) is 18.6 Å². The molecule has 0 saturated carbocycles. The standard InChI is InChI=1S/C17H37N3/c1-15(2)14-20-12-9-17(10-13-20)18-16(3)8-6-7-11-19(4)5/h15-18H,6-14H2,1-5H3/t16-/m0/s1. The molecule has 0 unspecified atom stereocenters. The van der Waals surface area contributed by atoms with Crippen LogP contribution in [0.2, 0.25) is 0 Å². The number of hydrogen-bond donors (Lipinski definition) is 1.